The molecule has 108 valence electrons. The molecular formula is C14H18ClFN4. The zero-order valence-corrected chi connectivity index (χ0v) is 12.2. The molecule has 0 amide bonds. The van der Waals surface area contributed by atoms with E-state index in [0.29, 0.717) is 17.4 Å². The van der Waals surface area contributed by atoms with E-state index in [9.17, 15) is 4.39 Å². The van der Waals surface area contributed by atoms with Crippen LogP contribution in [0.2, 0.25) is 5.02 Å². The lowest BCUT2D eigenvalue weighted by atomic mass is 10.1. The highest BCUT2D eigenvalue weighted by atomic mass is 35.5. The molecule has 1 aliphatic rings. The minimum absolute atomic E-state index is 0.111. The SMILES string of the molecule is CCN1CCC(Cn2c(N)nc3cc(F)c(Cl)cc32)C1. The maximum Gasteiger partial charge on any atom is 0.201 e. The fourth-order valence-corrected chi connectivity index (χ4v) is 3.10. The second-order valence-corrected chi connectivity index (χ2v) is 5.79. The second-order valence-electron chi connectivity index (χ2n) is 5.38. The molecule has 0 bridgehead atoms. The van der Waals surface area contributed by atoms with Crippen molar-refractivity contribution >= 4 is 28.6 Å². The first-order chi connectivity index (χ1) is 9.58. The quantitative estimate of drug-likeness (QED) is 0.947. The number of halogens is 2. The number of hydrogen-bond acceptors (Lipinski definition) is 3. The van der Waals surface area contributed by atoms with E-state index in [1.807, 2.05) is 4.57 Å². The third-order valence-corrected chi connectivity index (χ3v) is 4.37. The summed E-state index contributed by atoms with van der Waals surface area (Å²) in [4.78, 5) is 6.65. The Balaban J connectivity index is 1.91. The van der Waals surface area contributed by atoms with Crippen LogP contribution in [0.5, 0.6) is 0 Å². The molecule has 20 heavy (non-hydrogen) atoms. The Kier molecular flexibility index (Phi) is 3.56. The van der Waals surface area contributed by atoms with Gasteiger partial charge in [0.1, 0.15) is 5.82 Å². The third kappa shape index (κ3) is 2.36. The van der Waals surface area contributed by atoms with Gasteiger partial charge in [0.25, 0.3) is 0 Å². The van der Waals surface area contributed by atoms with Gasteiger partial charge in [0, 0.05) is 19.2 Å². The Bertz CT molecular complexity index is 640. The molecule has 1 unspecified atom stereocenters. The first-order valence-electron chi connectivity index (χ1n) is 6.91. The Morgan fingerprint density at radius 1 is 1.50 bits per heavy atom. The lowest BCUT2D eigenvalue weighted by Crippen LogP contribution is -2.21. The maximum atomic E-state index is 13.5. The monoisotopic (exact) mass is 296 g/mol. The van der Waals surface area contributed by atoms with Gasteiger partial charge in [-0.3, -0.25) is 0 Å². The minimum atomic E-state index is -0.457. The second kappa shape index (κ2) is 5.22. The van der Waals surface area contributed by atoms with Crippen LogP contribution in [0.15, 0.2) is 12.1 Å². The van der Waals surface area contributed by atoms with Gasteiger partial charge in [-0.2, -0.15) is 0 Å². The van der Waals surface area contributed by atoms with Gasteiger partial charge in [0.15, 0.2) is 0 Å². The van der Waals surface area contributed by atoms with Crippen LogP contribution in [-0.2, 0) is 6.54 Å². The summed E-state index contributed by atoms with van der Waals surface area (Å²) < 4.78 is 15.4. The van der Waals surface area contributed by atoms with Crippen LogP contribution < -0.4 is 5.73 Å². The molecule has 2 aromatic rings. The molecule has 0 aliphatic carbocycles. The predicted octanol–water partition coefficient (Wildman–Crippen LogP) is 2.75. The predicted molar refractivity (Wildman–Crippen MR) is 79.3 cm³/mol. The number of fused-ring (bicyclic) bond motifs is 1. The third-order valence-electron chi connectivity index (χ3n) is 4.08. The van der Waals surface area contributed by atoms with Crippen molar-refractivity contribution < 1.29 is 4.39 Å². The van der Waals surface area contributed by atoms with E-state index in [0.717, 1.165) is 38.1 Å². The van der Waals surface area contributed by atoms with Crippen LogP contribution in [0.1, 0.15) is 13.3 Å². The number of likely N-dealkylation sites (tertiary alicyclic amines) is 1. The Morgan fingerprint density at radius 3 is 3.00 bits per heavy atom. The summed E-state index contributed by atoms with van der Waals surface area (Å²) >= 11 is 5.87. The Labute approximate surface area is 122 Å². The molecule has 1 atom stereocenters. The number of aromatic nitrogens is 2. The minimum Gasteiger partial charge on any atom is -0.369 e. The van der Waals surface area contributed by atoms with Crippen molar-refractivity contribution in [1.82, 2.24) is 14.5 Å². The average Bonchev–Trinajstić information content (AvgIpc) is 2.98. The van der Waals surface area contributed by atoms with Gasteiger partial charge in [-0.1, -0.05) is 18.5 Å². The standard InChI is InChI=1S/C14H18ClFN4/c1-2-19-4-3-9(7-19)8-20-13-5-10(15)11(16)6-12(13)18-14(20)17/h5-6,9H,2-4,7-8H2,1H3,(H2,17,18). The molecule has 1 aliphatic heterocycles. The van der Waals surface area contributed by atoms with E-state index < -0.39 is 5.82 Å². The highest BCUT2D eigenvalue weighted by Gasteiger charge is 2.23. The van der Waals surface area contributed by atoms with E-state index in [4.69, 9.17) is 17.3 Å². The van der Waals surface area contributed by atoms with Crippen molar-refractivity contribution in [2.24, 2.45) is 5.92 Å². The molecule has 1 saturated heterocycles. The first-order valence-corrected chi connectivity index (χ1v) is 7.29. The van der Waals surface area contributed by atoms with Crippen LogP contribution >= 0.6 is 11.6 Å². The smallest absolute Gasteiger partial charge is 0.201 e. The van der Waals surface area contributed by atoms with Crippen molar-refractivity contribution in [1.29, 1.82) is 0 Å². The summed E-state index contributed by atoms with van der Waals surface area (Å²) in [6, 6.07) is 2.96. The van der Waals surface area contributed by atoms with E-state index in [-0.39, 0.29) is 5.02 Å². The van der Waals surface area contributed by atoms with E-state index in [2.05, 4.69) is 16.8 Å². The number of anilines is 1. The number of hydrogen-bond donors (Lipinski definition) is 1. The maximum absolute atomic E-state index is 13.5. The van der Waals surface area contributed by atoms with Crippen LogP contribution in [0.4, 0.5) is 10.3 Å². The van der Waals surface area contributed by atoms with Gasteiger partial charge >= 0.3 is 0 Å². The lowest BCUT2D eigenvalue weighted by molar-refractivity contribution is 0.334. The molecular weight excluding hydrogens is 279 g/mol. The van der Waals surface area contributed by atoms with Crippen molar-refractivity contribution in [3.63, 3.8) is 0 Å². The molecule has 6 heteroatoms. The zero-order valence-electron chi connectivity index (χ0n) is 11.4. The van der Waals surface area contributed by atoms with Gasteiger partial charge in [-0.15, -0.1) is 0 Å². The van der Waals surface area contributed by atoms with Crippen LogP contribution in [-0.4, -0.2) is 34.1 Å². The van der Waals surface area contributed by atoms with Crippen LogP contribution in [0.25, 0.3) is 11.0 Å². The summed E-state index contributed by atoms with van der Waals surface area (Å²) in [7, 11) is 0. The molecule has 1 fully saturated rings. The molecule has 3 rings (SSSR count). The molecule has 2 N–H and O–H groups in total. The topological polar surface area (TPSA) is 47.1 Å². The van der Waals surface area contributed by atoms with Crippen molar-refractivity contribution in [2.45, 2.75) is 19.9 Å². The van der Waals surface area contributed by atoms with Crippen molar-refractivity contribution in [3.05, 3.63) is 23.0 Å². The fraction of sp³-hybridized carbons (Fsp3) is 0.500. The van der Waals surface area contributed by atoms with Gasteiger partial charge in [0.2, 0.25) is 5.95 Å². The Morgan fingerprint density at radius 2 is 2.30 bits per heavy atom. The van der Waals surface area contributed by atoms with Gasteiger partial charge in [-0.25, -0.2) is 9.37 Å². The summed E-state index contributed by atoms with van der Waals surface area (Å²) in [5, 5.41) is 0.111. The summed E-state index contributed by atoms with van der Waals surface area (Å²) in [6.07, 6.45) is 1.15. The number of nitrogens with zero attached hydrogens (tertiary/aromatic N) is 3. The summed E-state index contributed by atoms with van der Waals surface area (Å²) in [5.74, 6) is 0.525. The molecule has 0 saturated carbocycles. The number of imidazole rings is 1. The number of benzene rings is 1. The van der Waals surface area contributed by atoms with Crippen molar-refractivity contribution in [2.75, 3.05) is 25.4 Å². The molecule has 0 radical (unpaired) electrons. The first kappa shape index (κ1) is 13.6. The molecule has 1 aromatic heterocycles. The van der Waals surface area contributed by atoms with Crippen molar-refractivity contribution in [3.8, 4) is 0 Å². The number of nitrogens with two attached hydrogens (primary N) is 1. The van der Waals surface area contributed by atoms with E-state index in [1.165, 1.54) is 6.07 Å². The highest BCUT2D eigenvalue weighted by Crippen LogP contribution is 2.27. The summed E-state index contributed by atoms with van der Waals surface area (Å²) in [6.45, 7) is 6.26. The molecule has 2 heterocycles. The summed E-state index contributed by atoms with van der Waals surface area (Å²) in [5.41, 5.74) is 7.35. The Hall–Kier alpha value is -1.33. The van der Waals surface area contributed by atoms with Crippen LogP contribution in [0.3, 0.4) is 0 Å². The number of nitrogen functional groups attached to an aromatic ring is 1. The van der Waals surface area contributed by atoms with E-state index in [1.54, 1.807) is 6.07 Å². The zero-order chi connectivity index (χ0) is 14.3. The van der Waals surface area contributed by atoms with Gasteiger partial charge < -0.3 is 15.2 Å². The van der Waals surface area contributed by atoms with Gasteiger partial charge in [-0.05, 0) is 31.5 Å². The molecule has 1 aromatic carbocycles. The average molecular weight is 297 g/mol. The number of rotatable bonds is 3. The highest BCUT2D eigenvalue weighted by molar-refractivity contribution is 6.31. The van der Waals surface area contributed by atoms with Gasteiger partial charge in [0.05, 0.1) is 16.1 Å². The largest absolute Gasteiger partial charge is 0.369 e. The molecule has 0 spiro atoms. The van der Waals surface area contributed by atoms with E-state index >= 15 is 0 Å². The molecule has 4 nitrogen and oxygen atoms in total. The van der Waals surface area contributed by atoms with Crippen LogP contribution in [0, 0.1) is 11.7 Å². The fourth-order valence-electron chi connectivity index (χ4n) is 2.94. The lowest BCUT2D eigenvalue weighted by Gasteiger charge is -2.15. The normalized spacial score (nSPS) is 20.1.